The van der Waals surface area contributed by atoms with Gasteiger partial charge in [-0.2, -0.15) is 0 Å². The molecule has 3 aromatic rings. The van der Waals surface area contributed by atoms with Crippen molar-refractivity contribution in [3.63, 3.8) is 0 Å². The molecule has 0 radical (unpaired) electrons. The second-order valence-electron chi connectivity index (χ2n) is 5.94. The van der Waals surface area contributed by atoms with Gasteiger partial charge in [-0.25, -0.2) is 9.48 Å². The number of urea groups is 1. The maximum Gasteiger partial charge on any atom is 0.319 e. The molecule has 2 aromatic heterocycles. The minimum atomic E-state index is -0.322. The Hall–Kier alpha value is -3.23. The van der Waals surface area contributed by atoms with E-state index in [9.17, 15) is 4.79 Å². The SMILES string of the molecule is Cc1cc(NC(=O)NCc2cc(C(C)C)no2)ccc1-n1cnnn1. The summed E-state index contributed by atoms with van der Waals surface area (Å²) >= 11 is 0. The molecule has 0 unspecified atom stereocenters. The molecular weight excluding hydrogens is 322 g/mol. The molecule has 2 amide bonds. The van der Waals surface area contributed by atoms with Crippen molar-refractivity contribution in [3.8, 4) is 5.69 Å². The molecule has 0 spiro atoms. The van der Waals surface area contributed by atoms with Gasteiger partial charge in [0.15, 0.2) is 5.76 Å². The van der Waals surface area contributed by atoms with Gasteiger partial charge in [0.1, 0.15) is 6.33 Å². The fourth-order valence-corrected chi connectivity index (χ4v) is 2.29. The highest BCUT2D eigenvalue weighted by molar-refractivity contribution is 5.89. The van der Waals surface area contributed by atoms with E-state index >= 15 is 0 Å². The molecule has 0 aliphatic rings. The third-order valence-corrected chi connectivity index (χ3v) is 3.64. The smallest absolute Gasteiger partial charge is 0.319 e. The third-order valence-electron chi connectivity index (χ3n) is 3.64. The van der Waals surface area contributed by atoms with Gasteiger partial charge in [0, 0.05) is 11.8 Å². The lowest BCUT2D eigenvalue weighted by atomic mass is 10.1. The zero-order chi connectivity index (χ0) is 17.8. The average Bonchev–Trinajstić information content (AvgIpc) is 3.25. The van der Waals surface area contributed by atoms with Crippen molar-refractivity contribution in [2.75, 3.05) is 5.32 Å². The lowest BCUT2D eigenvalue weighted by Gasteiger charge is -2.09. The van der Waals surface area contributed by atoms with Gasteiger partial charge in [0.2, 0.25) is 0 Å². The Balaban J connectivity index is 1.58. The molecular formula is C16H19N7O2. The van der Waals surface area contributed by atoms with Crippen molar-refractivity contribution < 1.29 is 9.32 Å². The van der Waals surface area contributed by atoms with E-state index in [4.69, 9.17) is 4.52 Å². The average molecular weight is 341 g/mol. The summed E-state index contributed by atoms with van der Waals surface area (Å²) in [4.78, 5) is 12.0. The standard InChI is InChI=1S/C16H19N7O2/c1-10(2)14-7-13(25-20-14)8-17-16(24)19-12-4-5-15(11(3)6-12)23-9-18-21-22-23/h4-7,9-10H,8H2,1-3H3,(H2,17,19,24). The molecule has 9 nitrogen and oxygen atoms in total. The van der Waals surface area contributed by atoms with Crippen LogP contribution in [0.25, 0.3) is 5.69 Å². The van der Waals surface area contributed by atoms with E-state index in [1.54, 1.807) is 10.7 Å². The highest BCUT2D eigenvalue weighted by Crippen LogP contribution is 2.18. The van der Waals surface area contributed by atoms with Gasteiger partial charge in [0.25, 0.3) is 0 Å². The lowest BCUT2D eigenvalue weighted by molar-refractivity contribution is 0.250. The van der Waals surface area contributed by atoms with Crippen molar-refractivity contribution in [1.82, 2.24) is 30.7 Å². The van der Waals surface area contributed by atoms with Crippen molar-refractivity contribution in [2.45, 2.75) is 33.2 Å². The van der Waals surface area contributed by atoms with Crippen LogP contribution in [0.5, 0.6) is 0 Å². The number of carbonyl (C=O) groups excluding carboxylic acids is 1. The van der Waals surface area contributed by atoms with Crippen LogP contribution in [0.2, 0.25) is 0 Å². The number of tetrazole rings is 1. The molecule has 2 N–H and O–H groups in total. The van der Waals surface area contributed by atoms with Crippen LogP contribution in [0.15, 0.2) is 35.1 Å². The van der Waals surface area contributed by atoms with Crippen LogP contribution in [-0.4, -0.2) is 31.4 Å². The summed E-state index contributed by atoms with van der Waals surface area (Å²) in [6, 6.07) is 7.00. The van der Waals surface area contributed by atoms with Crippen LogP contribution in [0.1, 0.15) is 36.8 Å². The first-order valence-corrected chi connectivity index (χ1v) is 7.87. The summed E-state index contributed by atoms with van der Waals surface area (Å²) in [6.45, 7) is 6.25. The van der Waals surface area contributed by atoms with E-state index in [1.165, 1.54) is 6.33 Å². The van der Waals surface area contributed by atoms with Gasteiger partial charge in [-0.3, -0.25) is 0 Å². The van der Waals surface area contributed by atoms with Gasteiger partial charge < -0.3 is 15.2 Å². The Morgan fingerprint density at radius 3 is 2.80 bits per heavy atom. The minimum absolute atomic E-state index is 0.271. The number of amides is 2. The number of aromatic nitrogens is 5. The van der Waals surface area contributed by atoms with Gasteiger partial charge in [-0.1, -0.05) is 19.0 Å². The van der Waals surface area contributed by atoms with E-state index in [2.05, 4.69) is 31.3 Å². The van der Waals surface area contributed by atoms with Crippen LogP contribution in [0, 0.1) is 6.92 Å². The predicted octanol–water partition coefficient (Wildman–Crippen LogP) is 2.40. The fraction of sp³-hybridized carbons (Fsp3) is 0.312. The summed E-state index contributed by atoms with van der Waals surface area (Å²) < 4.78 is 6.75. The Morgan fingerprint density at radius 1 is 1.32 bits per heavy atom. The number of aryl methyl sites for hydroxylation is 1. The Kier molecular flexibility index (Phi) is 4.73. The number of benzene rings is 1. The summed E-state index contributed by atoms with van der Waals surface area (Å²) in [5, 5.41) is 20.6. The topological polar surface area (TPSA) is 111 Å². The molecule has 0 aliphatic carbocycles. The largest absolute Gasteiger partial charge is 0.359 e. The summed E-state index contributed by atoms with van der Waals surface area (Å²) in [6.07, 6.45) is 1.52. The molecule has 2 heterocycles. The van der Waals surface area contributed by atoms with E-state index in [0.29, 0.717) is 11.4 Å². The highest BCUT2D eigenvalue weighted by atomic mass is 16.5. The summed E-state index contributed by atoms with van der Waals surface area (Å²) in [5.74, 6) is 0.900. The maximum absolute atomic E-state index is 12.0. The number of nitrogens with one attached hydrogen (secondary N) is 2. The van der Waals surface area contributed by atoms with E-state index in [1.807, 2.05) is 39.0 Å². The highest BCUT2D eigenvalue weighted by Gasteiger charge is 2.10. The Labute approximate surface area is 144 Å². The van der Waals surface area contributed by atoms with Crippen LogP contribution in [0.3, 0.4) is 0 Å². The molecule has 25 heavy (non-hydrogen) atoms. The second-order valence-corrected chi connectivity index (χ2v) is 5.94. The summed E-state index contributed by atoms with van der Waals surface area (Å²) in [5.41, 5.74) is 3.32. The molecule has 3 rings (SSSR count). The molecule has 0 fully saturated rings. The molecule has 0 atom stereocenters. The maximum atomic E-state index is 12.0. The molecule has 130 valence electrons. The molecule has 1 aromatic carbocycles. The van der Waals surface area contributed by atoms with E-state index in [-0.39, 0.29) is 18.5 Å². The lowest BCUT2D eigenvalue weighted by Crippen LogP contribution is -2.28. The van der Waals surface area contributed by atoms with Crippen LogP contribution in [-0.2, 0) is 6.54 Å². The monoisotopic (exact) mass is 341 g/mol. The number of rotatable bonds is 5. The number of carbonyl (C=O) groups is 1. The van der Waals surface area contributed by atoms with Crippen molar-refractivity contribution >= 4 is 11.7 Å². The Bertz CT molecular complexity index is 855. The first-order chi connectivity index (χ1) is 12.0. The van der Waals surface area contributed by atoms with Crippen molar-refractivity contribution in [3.05, 3.63) is 47.6 Å². The number of nitrogens with zero attached hydrogens (tertiary/aromatic N) is 5. The van der Waals surface area contributed by atoms with Gasteiger partial charge in [-0.15, -0.1) is 5.10 Å². The second kappa shape index (κ2) is 7.12. The normalized spacial score (nSPS) is 10.9. The first-order valence-electron chi connectivity index (χ1n) is 7.87. The first kappa shape index (κ1) is 16.6. The van der Waals surface area contributed by atoms with Gasteiger partial charge >= 0.3 is 6.03 Å². The number of hydrogen-bond acceptors (Lipinski definition) is 6. The van der Waals surface area contributed by atoms with Crippen LogP contribution >= 0.6 is 0 Å². The van der Waals surface area contributed by atoms with E-state index in [0.717, 1.165) is 16.9 Å². The molecule has 0 bridgehead atoms. The molecule has 0 saturated heterocycles. The minimum Gasteiger partial charge on any atom is -0.359 e. The molecule has 9 heteroatoms. The molecule has 0 saturated carbocycles. The van der Waals surface area contributed by atoms with Crippen molar-refractivity contribution in [1.29, 1.82) is 0 Å². The van der Waals surface area contributed by atoms with Crippen LogP contribution in [0.4, 0.5) is 10.5 Å². The number of hydrogen-bond donors (Lipinski definition) is 2. The zero-order valence-corrected chi connectivity index (χ0v) is 14.2. The third kappa shape index (κ3) is 4.00. The quantitative estimate of drug-likeness (QED) is 0.737. The Morgan fingerprint density at radius 2 is 2.16 bits per heavy atom. The van der Waals surface area contributed by atoms with Gasteiger partial charge in [0.05, 0.1) is 17.9 Å². The van der Waals surface area contributed by atoms with Gasteiger partial charge in [-0.05, 0) is 47.0 Å². The van der Waals surface area contributed by atoms with E-state index < -0.39 is 0 Å². The van der Waals surface area contributed by atoms with Crippen molar-refractivity contribution in [2.24, 2.45) is 0 Å². The number of anilines is 1. The predicted molar refractivity (Wildman–Crippen MR) is 90.3 cm³/mol. The van der Waals surface area contributed by atoms with Crippen LogP contribution < -0.4 is 10.6 Å². The zero-order valence-electron chi connectivity index (χ0n) is 14.2. The molecule has 0 aliphatic heterocycles. The fourth-order valence-electron chi connectivity index (χ4n) is 2.29. The summed E-state index contributed by atoms with van der Waals surface area (Å²) in [7, 11) is 0.